The van der Waals surface area contributed by atoms with Crippen LogP contribution in [-0.2, 0) is 0 Å². The van der Waals surface area contributed by atoms with Gasteiger partial charge >= 0.3 is 0 Å². The lowest BCUT2D eigenvalue weighted by molar-refractivity contribution is 0.157. The fourth-order valence-electron chi connectivity index (χ4n) is 3.26. The second kappa shape index (κ2) is 6.53. The Morgan fingerprint density at radius 3 is 2.60 bits per heavy atom. The molecule has 0 amide bonds. The zero-order chi connectivity index (χ0) is 14.8. The van der Waals surface area contributed by atoms with E-state index in [2.05, 4.69) is 63.7 Å². The van der Waals surface area contributed by atoms with Crippen LogP contribution in [0.5, 0.6) is 0 Å². The van der Waals surface area contributed by atoms with Crippen molar-refractivity contribution < 1.29 is 0 Å². The fraction of sp³-hybridized carbons (Fsp3) is 0.667. The van der Waals surface area contributed by atoms with Gasteiger partial charge in [-0.25, -0.2) is 0 Å². The lowest BCUT2D eigenvalue weighted by Crippen LogP contribution is -2.36. The van der Waals surface area contributed by atoms with Crippen molar-refractivity contribution in [2.24, 2.45) is 23.0 Å². The Morgan fingerprint density at radius 1 is 1.25 bits per heavy atom. The zero-order valence-corrected chi connectivity index (χ0v) is 14.2. The van der Waals surface area contributed by atoms with Gasteiger partial charge in [0.15, 0.2) is 0 Å². The van der Waals surface area contributed by atoms with Gasteiger partial charge in [0.1, 0.15) is 0 Å². The van der Waals surface area contributed by atoms with E-state index in [1.54, 1.807) is 0 Å². The predicted octanol–water partition coefficient (Wildman–Crippen LogP) is 4.88. The van der Waals surface area contributed by atoms with Crippen molar-refractivity contribution in [1.82, 2.24) is 0 Å². The molecule has 2 rings (SSSR count). The van der Waals surface area contributed by atoms with Crippen LogP contribution >= 0.6 is 11.8 Å². The van der Waals surface area contributed by atoms with Crippen LogP contribution in [-0.4, -0.2) is 11.8 Å². The van der Waals surface area contributed by atoms with E-state index in [1.165, 1.54) is 29.7 Å². The van der Waals surface area contributed by atoms with E-state index in [0.29, 0.717) is 16.6 Å². The number of hydrogen-bond acceptors (Lipinski definition) is 2. The molecular weight excluding hydrogens is 262 g/mol. The Hall–Kier alpha value is -0.470. The highest BCUT2D eigenvalue weighted by atomic mass is 32.2. The van der Waals surface area contributed by atoms with Gasteiger partial charge in [-0.1, -0.05) is 38.5 Å². The summed E-state index contributed by atoms with van der Waals surface area (Å²) in [6.07, 6.45) is 3.95. The van der Waals surface area contributed by atoms with Gasteiger partial charge in [0.2, 0.25) is 0 Å². The van der Waals surface area contributed by atoms with Gasteiger partial charge in [0.25, 0.3) is 0 Å². The first-order chi connectivity index (χ1) is 9.40. The molecule has 0 radical (unpaired) electrons. The second-order valence-corrected chi connectivity index (χ2v) is 8.66. The lowest BCUT2D eigenvalue weighted by Gasteiger charge is -2.41. The van der Waals surface area contributed by atoms with Gasteiger partial charge in [-0.15, -0.1) is 11.8 Å². The molecule has 1 aliphatic carbocycles. The summed E-state index contributed by atoms with van der Waals surface area (Å²) in [5.41, 5.74) is 7.79. The first kappa shape index (κ1) is 15.9. The molecule has 1 nitrogen and oxygen atoms in total. The third-order valence-corrected chi connectivity index (χ3v) is 6.14. The van der Waals surface area contributed by atoms with Crippen LogP contribution in [0.15, 0.2) is 29.2 Å². The van der Waals surface area contributed by atoms with Crippen molar-refractivity contribution in [3.63, 3.8) is 0 Å². The van der Waals surface area contributed by atoms with Crippen molar-refractivity contribution in [2.75, 3.05) is 6.54 Å². The van der Waals surface area contributed by atoms with Gasteiger partial charge in [-0.3, -0.25) is 0 Å². The van der Waals surface area contributed by atoms with Crippen LogP contribution in [0, 0.1) is 24.2 Å². The first-order valence-corrected chi connectivity index (χ1v) is 8.71. The molecule has 1 saturated carbocycles. The maximum atomic E-state index is 6.02. The van der Waals surface area contributed by atoms with E-state index < -0.39 is 0 Å². The maximum Gasteiger partial charge on any atom is 0.0137 e. The number of hydrogen-bond donors (Lipinski definition) is 1. The molecule has 0 heterocycles. The molecule has 1 aromatic carbocycles. The molecule has 1 aliphatic rings. The summed E-state index contributed by atoms with van der Waals surface area (Å²) in [7, 11) is 0. The number of rotatable bonds is 3. The van der Waals surface area contributed by atoms with Crippen LogP contribution in [0.25, 0.3) is 0 Å². The summed E-state index contributed by atoms with van der Waals surface area (Å²) in [5.74, 6) is 1.51. The minimum Gasteiger partial charge on any atom is -0.330 e. The molecule has 3 unspecified atom stereocenters. The number of thioether (sulfide) groups is 1. The molecule has 0 saturated heterocycles. The molecule has 0 aliphatic heterocycles. The number of nitrogens with two attached hydrogens (primary N) is 1. The van der Waals surface area contributed by atoms with E-state index in [9.17, 15) is 0 Å². The summed E-state index contributed by atoms with van der Waals surface area (Å²) >= 11 is 2.05. The molecular formula is C18H29NS. The molecule has 2 heteroatoms. The van der Waals surface area contributed by atoms with Crippen LogP contribution in [0.3, 0.4) is 0 Å². The minimum absolute atomic E-state index is 0.422. The summed E-state index contributed by atoms with van der Waals surface area (Å²) < 4.78 is 0. The summed E-state index contributed by atoms with van der Waals surface area (Å²) in [4.78, 5) is 1.41. The largest absolute Gasteiger partial charge is 0.330 e. The Bertz CT molecular complexity index is 435. The predicted molar refractivity (Wildman–Crippen MR) is 90.2 cm³/mol. The van der Waals surface area contributed by atoms with E-state index in [4.69, 9.17) is 5.73 Å². The van der Waals surface area contributed by atoms with Crippen LogP contribution < -0.4 is 5.73 Å². The molecule has 1 aromatic rings. The fourth-order valence-corrected chi connectivity index (χ4v) is 4.78. The topological polar surface area (TPSA) is 26.0 Å². The SMILES string of the molecule is Cc1cccc(SC2CC(C(C)(C)C)CCC2CN)c1. The Labute approximate surface area is 128 Å². The number of aryl methyl sites for hydroxylation is 1. The van der Waals surface area contributed by atoms with Crippen molar-refractivity contribution >= 4 is 11.8 Å². The molecule has 1 fully saturated rings. The van der Waals surface area contributed by atoms with Gasteiger partial charge in [-0.2, -0.15) is 0 Å². The van der Waals surface area contributed by atoms with Gasteiger partial charge in [-0.05, 0) is 62.1 Å². The van der Waals surface area contributed by atoms with Crippen LogP contribution in [0.4, 0.5) is 0 Å². The molecule has 3 atom stereocenters. The molecule has 0 aromatic heterocycles. The van der Waals surface area contributed by atoms with Crippen LogP contribution in [0.1, 0.15) is 45.6 Å². The Kier molecular flexibility index (Phi) is 5.19. The molecule has 20 heavy (non-hydrogen) atoms. The van der Waals surface area contributed by atoms with Crippen molar-refractivity contribution in [3.05, 3.63) is 29.8 Å². The molecule has 2 N–H and O–H groups in total. The Morgan fingerprint density at radius 2 is 2.00 bits per heavy atom. The average molecular weight is 292 g/mol. The normalized spacial score (nSPS) is 27.6. The monoisotopic (exact) mass is 291 g/mol. The van der Waals surface area contributed by atoms with Crippen molar-refractivity contribution in [3.8, 4) is 0 Å². The molecule has 112 valence electrons. The standard InChI is InChI=1S/C18H29NS/c1-13-6-5-7-16(10-13)20-17-11-15(18(2,3)4)9-8-14(17)12-19/h5-7,10,14-15,17H,8-9,11-12,19H2,1-4H3. The first-order valence-electron chi connectivity index (χ1n) is 7.83. The van der Waals surface area contributed by atoms with Crippen molar-refractivity contribution in [2.45, 2.75) is 57.1 Å². The van der Waals surface area contributed by atoms with Crippen LogP contribution in [0.2, 0.25) is 0 Å². The quantitative estimate of drug-likeness (QED) is 0.859. The highest BCUT2D eigenvalue weighted by Gasteiger charge is 2.35. The summed E-state index contributed by atoms with van der Waals surface area (Å²) in [6.45, 7) is 10.2. The average Bonchev–Trinajstić information content (AvgIpc) is 2.37. The zero-order valence-electron chi connectivity index (χ0n) is 13.4. The third kappa shape index (κ3) is 4.02. The maximum absolute atomic E-state index is 6.02. The highest BCUT2D eigenvalue weighted by Crippen LogP contribution is 2.45. The van der Waals surface area contributed by atoms with Gasteiger partial charge in [0.05, 0.1) is 0 Å². The minimum atomic E-state index is 0.422. The lowest BCUT2D eigenvalue weighted by atomic mass is 9.69. The molecule has 0 spiro atoms. The van der Waals surface area contributed by atoms with E-state index >= 15 is 0 Å². The van der Waals surface area contributed by atoms with Gasteiger partial charge in [0, 0.05) is 10.1 Å². The molecule has 0 bridgehead atoms. The highest BCUT2D eigenvalue weighted by molar-refractivity contribution is 8.00. The summed E-state index contributed by atoms with van der Waals surface area (Å²) in [6, 6.07) is 8.88. The second-order valence-electron chi connectivity index (χ2n) is 7.34. The van der Waals surface area contributed by atoms with E-state index in [-0.39, 0.29) is 0 Å². The third-order valence-electron chi connectivity index (χ3n) is 4.73. The number of benzene rings is 1. The Balaban J connectivity index is 2.09. The summed E-state index contributed by atoms with van der Waals surface area (Å²) in [5, 5.41) is 0.680. The smallest absolute Gasteiger partial charge is 0.0137 e. The van der Waals surface area contributed by atoms with Crippen molar-refractivity contribution in [1.29, 1.82) is 0 Å². The van der Waals surface area contributed by atoms with E-state index in [0.717, 1.165) is 12.5 Å². The van der Waals surface area contributed by atoms with E-state index in [1.807, 2.05) is 0 Å². The van der Waals surface area contributed by atoms with Gasteiger partial charge < -0.3 is 5.73 Å².